The molecule has 0 atom stereocenters. The van der Waals surface area contributed by atoms with E-state index in [-0.39, 0.29) is 5.78 Å². The molecule has 0 spiro atoms. The summed E-state index contributed by atoms with van der Waals surface area (Å²) in [5, 5.41) is 0. The quantitative estimate of drug-likeness (QED) is 0.625. The van der Waals surface area contributed by atoms with E-state index >= 15 is 0 Å². The largest absolute Gasteiger partial charge is 0.573 e. The Labute approximate surface area is 136 Å². The van der Waals surface area contributed by atoms with Crippen molar-refractivity contribution in [2.45, 2.75) is 19.5 Å². The Hall–Kier alpha value is -2.78. The first-order valence-electron chi connectivity index (χ1n) is 6.82. The molecule has 2 heterocycles. The van der Waals surface area contributed by atoms with Gasteiger partial charge in [-0.15, -0.1) is 13.2 Å². The number of hydrogen-bond donors (Lipinski definition) is 0. The van der Waals surface area contributed by atoms with Crippen LogP contribution < -0.4 is 4.74 Å². The van der Waals surface area contributed by atoms with Crippen LogP contribution in [0.25, 0.3) is 16.9 Å². The van der Waals surface area contributed by atoms with Crippen molar-refractivity contribution in [3.63, 3.8) is 0 Å². The molecule has 0 fully saturated rings. The summed E-state index contributed by atoms with van der Waals surface area (Å²) in [5.74, 6) is -0.549. The van der Waals surface area contributed by atoms with E-state index in [0.29, 0.717) is 22.9 Å². The van der Waals surface area contributed by atoms with E-state index < -0.39 is 24.0 Å². The Balaban J connectivity index is 2.04. The lowest BCUT2D eigenvalue weighted by atomic mass is 10.0. The van der Waals surface area contributed by atoms with Crippen molar-refractivity contribution in [3.05, 3.63) is 48.0 Å². The van der Waals surface area contributed by atoms with Crippen molar-refractivity contribution in [1.82, 2.24) is 14.4 Å². The van der Waals surface area contributed by atoms with E-state index in [4.69, 9.17) is 0 Å². The van der Waals surface area contributed by atoms with Gasteiger partial charge in [-0.2, -0.15) is 13.2 Å². The number of benzene rings is 1. The second-order valence-corrected chi connectivity index (χ2v) is 5.18. The van der Waals surface area contributed by atoms with Crippen LogP contribution in [0.2, 0.25) is 0 Å². The smallest absolute Gasteiger partial charge is 0.406 e. The maximum absolute atomic E-state index is 13.0. The molecular formula is C15H9F6N3O. The van der Waals surface area contributed by atoms with Crippen molar-refractivity contribution in [1.29, 1.82) is 0 Å². The number of rotatable bonds is 2. The standard InChI is InChI=1S/C15H9F6N3O/c1-8-4-10(25-15(19,20)21)2-3-11(8)9-5-22-13-23-6-12(14(16,17)18)24(13)7-9/h2-7H,1H3. The number of imidazole rings is 1. The number of ether oxygens (including phenoxy) is 1. The van der Waals surface area contributed by atoms with E-state index in [1.54, 1.807) is 0 Å². The van der Waals surface area contributed by atoms with Gasteiger partial charge in [-0.05, 0) is 30.2 Å². The van der Waals surface area contributed by atoms with Gasteiger partial charge in [-0.3, -0.25) is 4.40 Å². The molecule has 0 saturated heterocycles. The minimum atomic E-state index is -4.83. The Morgan fingerprint density at radius 1 is 1.00 bits per heavy atom. The first-order valence-corrected chi connectivity index (χ1v) is 6.82. The third-order valence-corrected chi connectivity index (χ3v) is 3.40. The van der Waals surface area contributed by atoms with Gasteiger partial charge in [0.15, 0.2) is 0 Å². The molecule has 3 aromatic rings. The Morgan fingerprint density at radius 3 is 2.28 bits per heavy atom. The van der Waals surface area contributed by atoms with Gasteiger partial charge in [0.05, 0.1) is 6.20 Å². The summed E-state index contributed by atoms with van der Waals surface area (Å²) >= 11 is 0. The van der Waals surface area contributed by atoms with Crippen molar-refractivity contribution in [2.24, 2.45) is 0 Å². The van der Waals surface area contributed by atoms with Crippen LogP contribution in [-0.4, -0.2) is 20.7 Å². The molecule has 0 bridgehead atoms. The molecule has 132 valence electrons. The summed E-state index contributed by atoms with van der Waals surface area (Å²) in [6, 6.07) is 3.55. The summed E-state index contributed by atoms with van der Waals surface area (Å²) in [5.41, 5.74) is 0.112. The fourth-order valence-electron chi connectivity index (χ4n) is 2.38. The minimum absolute atomic E-state index is 0.134. The van der Waals surface area contributed by atoms with Gasteiger partial charge in [-0.1, -0.05) is 6.07 Å². The number of nitrogens with zero attached hydrogens (tertiary/aromatic N) is 3. The highest BCUT2D eigenvalue weighted by Gasteiger charge is 2.35. The molecular weight excluding hydrogens is 352 g/mol. The number of fused-ring (bicyclic) bond motifs is 1. The van der Waals surface area contributed by atoms with Crippen LogP contribution in [0.15, 0.2) is 36.8 Å². The van der Waals surface area contributed by atoms with Gasteiger partial charge >= 0.3 is 12.5 Å². The van der Waals surface area contributed by atoms with Crippen LogP contribution in [0.1, 0.15) is 11.3 Å². The van der Waals surface area contributed by atoms with Gasteiger partial charge in [0, 0.05) is 18.0 Å². The maximum atomic E-state index is 13.0. The number of alkyl halides is 6. The van der Waals surface area contributed by atoms with E-state index in [1.807, 2.05) is 0 Å². The summed E-state index contributed by atoms with van der Waals surface area (Å²) in [6.45, 7) is 1.52. The monoisotopic (exact) mass is 361 g/mol. The van der Waals surface area contributed by atoms with Crippen LogP contribution in [0.5, 0.6) is 5.75 Å². The lowest BCUT2D eigenvalue weighted by Gasteiger charge is -2.12. The molecule has 0 amide bonds. The third kappa shape index (κ3) is 3.52. The fourth-order valence-corrected chi connectivity index (χ4v) is 2.38. The van der Waals surface area contributed by atoms with Gasteiger partial charge < -0.3 is 4.74 Å². The highest BCUT2D eigenvalue weighted by Crippen LogP contribution is 2.32. The highest BCUT2D eigenvalue weighted by molar-refractivity contribution is 5.67. The van der Waals surface area contributed by atoms with Crippen molar-refractivity contribution >= 4 is 5.78 Å². The minimum Gasteiger partial charge on any atom is -0.406 e. The second kappa shape index (κ2) is 5.64. The Morgan fingerprint density at radius 2 is 1.68 bits per heavy atom. The number of aromatic nitrogens is 3. The average Bonchev–Trinajstić information content (AvgIpc) is 2.88. The molecule has 1 aromatic carbocycles. The molecule has 0 radical (unpaired) electrons. The summed E-state index contributed by atoms with van der Waals surface area (Å²) in [6.07, 6.45) is -6.29. The average molecular weight is 361 g/mol. The van der Waals surface area contributed by atoms with Gasteiger partial charge in [0.25, 0.3) is 0 Å². The molecule has 2 aromatic heterocycles. The predicted octanol–water partition coefficient (Wildman–Crippen LogP) is 4.62. The number of hydrogen-bond acceptors (Lipinski definition) is 3. The van der Waals surface area contributed by atoms with Crippen LogP contribution in [0.4, 0.5) is 26.3 Å². The van der Waals surface area contributed by atoms with Crippen LogP contribution in [0, 0.1) is 6.92 Å². The molecule has 0 N–H and O–H groups in total. The maximum Gasteiger partial charge on any atom is 0.573 e. The molecule has 0 aliphatic heterocycles. The van der Waals surface area contributed by atoms with E-state index in [1.165, 1.54) is 25.4 Å². The third-order valence-electron chi connectivity index (χ3n) is 3.40. The van der Waals surface area contributed by atoms with Gasteiger partial charge in [-0.25, -0.2) is 9.97 Å². The first-order chi connectivity index (χ1) is 11.5. The summed E-state index contributed by atoms with van der Waals surface area (Å²) in [4.78, 5) is 7.44. The zero-order valence-electron chi connectivity index (χ0n) is 12.5. The Kier molecular flexibility index (Phi) is 3.85. The molecule has 0 aliphatic rings. The molecule has 4 nitrogen and oxygen atoms in total. The topological polar surface area (TPSA) is 39.4 Å². The molecule has 25 heavy (non-hydrogen) atoms. The first kappa shape index (κ1) is 17.1. The summed E-state index contributed by atoms with van der Waals surface area (Å²) in [7, 11) is 0. The van der Waals surface area contributed by atoms with E-state index in [2.05, 4.69) is 14.7 Å². The second-order valence-electron chi connectivity index (χ2n) is 5.18. The zero-order chi connectivity index (χ0) is 18.4. The molecule has 0 saturated carbocycles. The Bertz CT molecular complexity index is 929. The van der Waals surface area contributed by atoms with Crippen LogP contribution >= 0.6 is 0 Å². The summed E-state index contributed by atoms with van der Waals surface area (Å²) < 4.78 is 80.2. The normalized spacial score (nSPS) is 12.6. The zero-order valence-corrected chi connectivity index (χ0v) is 12.5. The molecule has 10 heteroatoms. The molecule has 0 unspecified atom stereocenters. The SMILES string of the molecule is Cc1cc(OC(F)(F)F)ccc1-c1cnc2ncc(C(F)(F)F)n2c1. The highest BCUT2D eigenvalue weighted by atomic mass is 19.4. The molecule has 0 aliphatic carbocycles. The van der Waals surface area contributed by atoms with E-state index in [0.717, 1.165) is 16.5 Å². The molecule has 3 rings (SSSR count). The fraction of sp³-hybridized carbons (Fsp3) is 0.200. The number of aryl methyl sites for hydroxylation is 1. The van der Waals surface area contributed by atoms with Crippen LogP contribution in [0.3, 0.4) is 0 Å². The number of halogens is 6. The lowest BCUT2D eigenvalue weighted by Crippen LogP contribution is -2.17. The predicted molar refractivity (Wildman–Crippen MR) is 74.8 cm³/mol. The van der Waals surface area contributed by atoms with Crippen LogP contribution in [-0.2, 0) is 6.18 Å². The van der Waals surface area contributed by atoms with Gasteiger partial charge in [0.2, 0.25) is 5.78 Å². The van der Waals surface area contributed by atoms with E-state index in [9.17, 15) is 26.3 Å². The lowest BCUT2D eigenvalue weighted by molar-refractivity contribution is -0.274. The van der Waals surface area contributed by atoms with Crippen molar-refractivity contribution in [3.8, 4) is 16.9 Å². The van der Waals surface area contributed by atoms with Crippen molar-refractivity contribution in [2.75, 3.05) is 0 Å². The van der Waals surface area contributed by atoms with Crippen molar-refractivity contribution < 1.29 is 31.1 Å². The van der Waals surface area contributed by atoms with Gasteiger partial charge in [0.1, 0.15) is 11.4 Å².